The minimum absolute atomic E-state index is 0.0299. The van der Waals surface area contributed by atoms with E-state index in [0.717, 1.165) is 17.4 Å². The van der Waals surface area contributed by atoms with Crippen LogP contribution in [0.25, 0.3) is 0 Å². The number of hydrogen-bond acceptors (Lipinski definition) is 9. The van der Waals surface area contributed by atoms with Gasteiger partial charge in [0.15, 0.2) is 0 Å². The van der Waals surface area contributed by atoms with Crippen LogP contribution in [0, 0.1) is 0 Å². The van der Waals surface area contributed by atoms with Gasteiger partial charge in [-0.15, -0.1) is 11.3 Å². The molecule has 1 atom stereocenters. The molecule has 15 heteroatoms. The van der Waals surface area contributed by atoms with Gasteiger partial charge in [-0.25, -0.2) is 15.0 Å². The second-order valence-electron chi connectivity index (χ2n) is 7.62. The zero-order valence-corrected chi connectivity index (χ0v) is 20.4. The van der Waals surface area contributed by atoms with Crippen LogP contribution < -0.4 is 27.1 Å². The molecule has 0 radical (unpaired) electrons. The zero-order valence-electron chi connectivity index (χ0n) is 19.6. The number of alkyl halides is 3. The number of carbonyl (C=O) groups excluding carboxylic acids is 2. The Hall–Kier alpha value is -3.72. The van der Waals surface area contributed by atoms with Gasteiger partial charge in [0, 0.05) is 25.0 Å². The van der Waals surface area contributed by atoms with Crippen molar-refractivity contribution in [1.82, 2.24) is 20.3 Å². The number of halogens is 3. The number of benzene rings is 1. The van der Waals surface area contributed by atoms with E-state index in [1.807, 2.05) is 0 Å². The first-order valence-corrected chi connectivity index (χ1v) is 11.4. The molecule has 10 nitrogen and oxygen atoms in total. The molecule has 0 bridgehead atoms. The summed E-state index contributed by atoms with van der Waals surface area (Å²) in [4.78, 5) is 37.3. The lowest BCUT2D eigenvalue weighted by molar-refractivity contribution is -0.136. The van der Waals surface area contributed by atoms with E-state index in [-0.39, 0.29) is 40.9 Å². The van der Waals surface area contributed by atoms with E-state index in [4.69, 9.17) is 10.5 Å². The van der Waals surface area contributed by atoms with E-state index in [1.165, 1.54) is 31.8 Å². The number of aromatic nitrogens is 3. The van der Waals surface area contributed by atoms with Crippen LogP contribution in [0.4, 0.5) is 30.4 Å². The summed E-state index contributed by atoms with van der Waals surface area (Å²) in [6.07, 6.45) is -2.16. The van der Waals surface area contributed by atoms with E-state index >= 15 is 0 Å². The van der Waals surface area contributed by atoms with Gasteiger partial charge in [0.1, 0.15) is 35.6 Å². The van der Waals surface area contributed by atoms with E-state index in [2.05, 4.69) is 30.9 Å². The first kappa shape index (κ1) is 26.9. The second kappa shape index (κ2) is 11.3. The third-order valence-electron chi connectivity index (χ3n) is 5.01. The topological polar surface area (TPSA) is 144 Å². The van der Waals surface area contributed by atoms with E-state index < -0.39 is 29.6 Å². The van der Waals surface area contributed by atoms with Crippen LogP contribution >= 0.6 is 11.3 Å². The van der Waals surface area contributed by atoms with Gasteiger partial charge in [-0.3, -0.25) is 9.59 Å². The van der Waals surface area contributed by atoms with Gasteiger partial charge in [-0.2, -0.15) is 13.2 Å². The number of anilines is 3. The molecule has 3 rings (SSSR count). The van der Waals surface area contributed by atoms with Crippen molar-refractivity contribution in [1.29, 1.82) is 0 Å². The molecule has 36 heavy (non-hydrogen) atoms. The Morgan fingerprint density at radius 1 is 1.22 bits per heavy atom. The summed E-state index contributed by atoms with van der Waals surface area (Å²) in [7, 11) is 3.06. The Morgan fingerprint density at radius 2 is 1.97 bits per heavy atom. The predicted octanol–water partition coefficient (Wildman–Crippen LogP) is 1.59. The Labute approximate surface area is 209 Å². The fraction of sp³-hybridized carbons (Fsp3) is 0.286. The quantitative estimate of drug-likeness (QED) is 0.246. The zero-order chi connectivity index (χ0) is 26.5. The molecule has 0 fully saturated rings. The summed E-state index contributed by atoms with van der Waals surface area (Å²) in [6.45, 7) is 2.09. The predicted molar refractivity (Wildman–Crippen MR) is 132 cm³/mol. The molecule has 0 aliphatic carbocycles. The second-order valence-corrected chi connectivity index (χ2v) is 8.68. The molecule has 5 N–H and O–H groups in total. The molecular formula is C21H23BF3N7O3S. The van der Waals surface area contributed by atoms with Crippen molar-refractivity contribution in [3.63, 3.8) is 0 Å². The number of ether oxygens (including phenoxy) is 1. The van der Waals surface area contributed by atoms with Crippen molar-refractivity contribution < 1.29 is 27.5 Å². The number of methoxy groups -OCH3 is 1. The van der Waals surface area contributed by atoms with E-state index in [1.54, 1.807) is 14.8 Å². The molecule has 2 amide bonds. The van der Waals surface area contributed by atoms with E-state index in [9.17, 15) is 22.8 Å². The molecule has 0 saturated carbocycles. The van der Waals surface area contributed by atoms with Gasteiger partial charge in [0.2, 0.25) is 0 Å². The number of nitrogen functional groups attached to an aromatic ring is 1. The largest absolute Gasteiger partial charge is 0.418 e. The number of amides is 2. The van der Waals surface area contributed by atoms with Crippen LogP contribution in [-0.4, -0.2) is 54.9 Å². The summed E-state index contributed by atoms with van der Waals surface area (Å²) >= 11 is 0.996. The van der Waals surface area contributed by atoms with Gasteiger partial charge >= 0.3 is 6.18 Å². The molecule has 1 aromatic carbocycles. The summed E-state index contributed by atoms with van der Waals surface area (Å²) in [5.74, 6) is -0.942. The number of hydrogen-bond donors (Lipinski definition) is 4. The van der Waals surface area contributed by atoms with Crippen LogP contribution in [-0.2, 0) is 10.9 Å². The molecule has 0 spiro atoms. The lowest BCUT2D eigenvalue weighted by Crippen LogP contribution is -2.33. The normalized spacial score (nSPS) is 12.1. The molecule has 0 aliphatic heterocycles. The van der Waals surface area contributed by atoms with Gasteiger partial charge in [-0.1, -0.05) is 0 Å². The summed E-state index contributed by atoms with van der Waals surface area (Å²) in [5.41, 5.74) is 5.19. The maximum Gasteiger partial charge on any atom is 0.418 e. The lowest BCUT2D eigenvalue weighted by Gasteiger charge is -2.16. The lowest BCUT2D eigenvalue weighted by atomic mass is 9.94. The van der Waals surface area contributed by atoms with Crippen LogP contribution in [0.1, 0.15) is 43.7 Å². The SMILES string of the molecule is Bc1c(N)ncnc1C(=O)NC(C)c1ncc(C(=O)Nc2ccc(NCCOC)c(C(F)(F)F)c2)s1. The van der Waals surface area contributed by atoms with Crippen molar-refractivity contribution >= 4 is 53.7 Å². The number of thiazole rings is 1. The smallest absolute Gasteiger partial charge is 0.384 e. The average molecular weight is 521 g/mol. The highest BCUT2D eigenvalue weighted by Gasteiger charge is 2.34. The van der Waals surface area contributed by atoms with Gasteiger partial charge in [-0.05, 0) is 30.6 Å². The first-order chi connectivity index (χ1) is 17.0. The van der Waals surface area contributed by atoms with Crippen molar-refractivity contribution in [2.45, 2.75) is 19.1 Å². The number of carbonyl (C=O) groups is 2. The van der Waals surface area contributed by atoms with Crippen LogP contribution in [0.2, 0.25) is 0 Å². The standard InChI is InChI=1S/C21H23BF3N7O3S/c1-10(31-19(34)16-15(22)17(26)30-9-29-16)20-28-8-14(36-20)18(33)32-11-3-4-13(27-5-6-35-2)12(7-11)21(23,24)25/h3-4,7-10,27H,5-6,22H2,1-2H3,(H,31,34)(H,32,33)(H2,26,29,30). The highest BCUT2D eigenvalue weighted by atomic mass is 32.1. The maximum absolute atomic E-state index is 13.5. The van der Waals surface area contributed by atoms with Crippen LogP contribution in [0.5, 0.6) is 0 Å². The van der Waals surface area contributed by atoms with Gasteiger partial charge in [0.25, 0.3) is 11.8 Å². The minimum Gasteiger partial charge on any atom is -0.384 e. The molecular weight excluding hydrogens is 498 g/mol. The van der Waals surface area contributed by atoms with Crippen LogP contribution in [0.15, 0.2) is 30.7 Å². The maximum atomic E-state index is 13.5. The van der Waals surface area contributed by atoms with Crippen LogP contribution in [0.3, 0.4) is 0 Å². The summed E-state index contributed by atoms with van der Waals surface area (Å²) in [6, 6.07) is 2.89. The molecule has 1 unspecified atom stereocenters. The molecule has 0 saturated heterocycles. The average Bonchev–Trinajstić information content (AvgIpc) is 3.32. The Kier molecular flexibility index (Phi) is 8.47. The van der Waals surface area contributed by atoms with Crippen molar-refractivity contribution in [3.05, 3.63) is 51.9 Å². The number of nitrogens with zero attached hydrogens (tertiary/aromatic N) is 3. The molecule has 2 heterocycles. The fourth-order valence-corrected chi connectivity index (χ4v) is 3.92. The number of rotatable bonds is 9. The summed E-state index contributed by atoms with van der Waals surface area (Å²) < 4.78 is 45.4. The third-order valence-corrected chi connectivity index (χ3v) is 6.19. The van der Waals surface area contributed by atoms with E-state index in [0.29, 0.717) is 10.5 Å². The van der Waals surface area contributed by atoms with Gasteiger partial charge in [0.05, 0.1) is 24.4 Å². The fourth-order valence-electron chi connectivity index (χ4n) is 3.10. The Morgan fingerprint density at radius 3 is 2.67 bits per heavy atom. The molecule has 0 aliphatic rings. The minimum atomic E-state index is -4.63. The first-order valence-electron chi connectivity index (χ1n) is 10.6. The summed E-state index contributed by atoms with van der Waals surface area (Å²) in [5, 5.41) is 8.27. The Bertz CT molecular complexity index is 1260. The van der Waals surface area contributed by atoms with Crippen molar-refractivity contribution in [3.8, 4) is 0 Å². The molecule has 190 valence electrons. The molecule has 2 aromatic heterocycles. The van der Waals surface area contributed by atoms with Crippen molar-refractivity contribution in [2.75, 3.05) is 36.6 Å². The number of nitrogens with one attached hydrogen (secondary N) is 3. The highest BCUT2D eigenvalue weighted by molar-refractivity contribution is 7.13. The third kappa shape index (κ3) is 6.49. The van der Waals surface area contributed by atoms with Crippen molar-refractivity contribution in [2.24, 2.45) is 0 Å². The number of nitrogens with two attached hydrogens (primary N) is 1. The Balaban J connectivity index is 1.70. The monoisotopic (exact) mass is 521 g/mol. The highest BCUT2D eigenvalue weighted by Crippen LogP contribution is 2.36. The van der Waals surface area contributed by atoms with Gasteiger partial charge < -0.3 is 26.4 Å². The molecule has 3 aromatic rings.